The van der Waals surface area contributed by atoms with Gasteiger partial charge in [-0.2, -0.15) is 13.2 Å². The molecule has 1 heterocycles. The summed E-state index contributed by atoms with van der Waals surface area (Å²) in [6.07, 6.45) is -5.33. The Kier molecular flexibility index (Phi) is 5.94. The Morgan fingerprint density at radius 3 is 2.44 bits per heavy atom. The van der Waals surface area contributed by atoms with Gasteiger partial charge in [-0.15, -0.1) is 0 Å². The van der Waals surface area contributed by atoms with Gasteiger partial charge in [0.15, 0.2) is 6.61 Å². The number of carbonyl (C=O) groups is 2. The number of carbonyl (C=O) groups excluding carboxylic acids is 2. The number of furan rings is 1. The average Bonchev–Trinajstić information content (AvgIpc) is 2.90. The molecule has 27 heavy (non-hydrogen) atoms. The molecular formula is C17H17ClF3NO5. The van der Waals surface area contributed by atoms with E-state index in [0.29, 0.717) is 5.39 Å². The van der Waals surface area contributed by atoms with Crippen molar-refractivity contribution in [3.8, 4) is 0 Å². The number of esters is 1. The molecule has 2 aromatic rings. The zero-order chi connectivity index (χ0) is 20.4. The van der Waals surface area contributed by atoms with Crippen LogP contribution in [0, 0.1) is 0 Å². The van der Waals surface area contributed by atoms with Crippen LogP contribution >= 0.6 is 11.6 Å². The highest BCUT2D eigenvalue weighted by atomic mass is 35.5. The van der Waals surface area contributed by atoms with Gasteiger partial charge in [-0.3, -0.25) is 0 Å². The van der Waals surface area contributed by atoms with Crippen LogP contribution in [0.15, 0.2) is 22.6 Å². The van der Waals surface area contributed by atoms with Gasteiger partial charge >= 0.3 is 18.2 Å². The lowest BCUT2D eigenvalue weighted by Gasteiger charge is -2.19. The topological polar surface area (TPSA) is 77.8 Å². The Labute approximate surface area is 157 Å². The van der Waals surface area contributed by atoms with Crippen molar-refractivity contribution in [3.63, 3.8) is 0 Å². The lowest BCUT2D eigenvalue weighted by Crippen LogP contribution is -2.32. The third-order valence-electron chi connectivity index (χ3n) is 3.02. The molecule has 148 valence electrons. The minimum Gasteiger partial charge on any atom is -0.458 e. The fraction of sp³-hybridized carbons (Fsp3) is 0.412. The van der Waals surface area contributed by atoms with Gasteiger partial charge in [0.1, 0.15) is 22.5 Å². The van der Waals surface area contributed by atoms with Crippen molar-refractivity contribution in [1.29, 1.82) is 0 Å². The average molecular weight is 408 g/mol. The molecule has 0 spiro atoms. The Bertz CT molecular complexity index is 855. The smallest absolute Gasteiger partial charge is 0.422 e. The van der Waals surface area contributed by atoms with E-state index in [0.717, 1.165) is 6.07 Å². The number of benzene rings is 1. The van der Waals surface area contributed by atoms with Crippen molar-refractivity contribution in [2.24, 2.45) is 0 Å². The largest absolute Gasteiger partial charge is 0.458 e. The standard InChI is InChI=1S/C17H17ClF3NO5/c1-16(2,3)27-15(24)22-7-11-5-9-4-10(18)6-12(13(9)26-11)14(23)25-8-17(19,20)21/h4-6H,7-8H2,1-3H3,(H,22,24). The predicted molar refractivity (Wildman–Crippen MR) is 90.6 cm³/mol. The van der Waals surface area contributed by atoms with Crippen LogP contribution in [-0.2, 0) is 16.0 Å². The molecule has 0 saturated carbocycles. The number of alkyl halides is 3. The monoisotopic (exact) mass is 407 g/mol. The van der Waals surface area contributed by atoms with E-state index in [4.69, 9.17) is 20.8 Å². The molecule has 0 aliphatic rings. The number of halogens is 4. The first-order chi connectivity index (χ1) is 12.3. The molecule has 0 bridgehead atoms. The van der Waals surface area contributed by atoms with Crippen molar-refractivity contribution < 1.29 is 36.7 Å². The van der Waals surface area contributed by atoms with Crippen LogP contribution in [0.5, 0.6) is 0 Å². The fourth-order valence-corrected chi connectivity index (χ4v) is 2.33. The molecule has 0 aliphatic heterocycles. The van der Waals surface area contributed by atoms with Crippen molar-refractivity contribution in [1.82, 2.24) is 5.32 Å². The predicted octanol–water partition coefficient (Wildman–Crippen LogP) is 4.83. The molecule has 1 amide bonds. The number of hydrogen-bond donors (Lipinski definition) is 1. The van der Waals surface area contributed by atoms with Gasteiger partial charge in [0.25, 0.3) is 0 Å². The first-order valence-corrected chi connectivity index (χ1v) is 8.14. The van der Waals surface area contributed by atoms with E-state index >= 15 is 0 Å². The summed E-state index contributed by atoms with van der Waals surface area (Å²) in [6.45, 7) is 3.32. The van der Waals surface area contributed by atoms with Gasteiger partial charge in [0.2, 0.25) is 0 Å². The molecule has 0 radical (unpaired) electrons. The van der Waals surface area contributed by atoms with Crippen molar-refractivity contribution in [3.05, 3.63) is 34.5 Å². The van der Waals surface area contributed by atoms with Crippen LogP contribution in [0.1, 0.15) is 36.9 Å². The van der Waals surface area contributed by atoms with Crippen LogP contribution in [0.25, 0.3) is 11.0 Å². The fourth-order valence-electron chi connectivity index (χ4n) is 2.11. The van der Waals surface area contributed by atoms with Crippen molar-refractivity contribution in [2.75, 3.05) is 6.61 Å². The SMILES string of the molecule is CC(C)(C)OC(=O)NCc1cc2cc(Cl)cc(C(=O)OCC(F)(F)F)c2o1. The molecule has 0 aliphatic carbocycles. The first-order valence-electron chi connectivity index (χ1n) is 7.77. The Hall–Kier alpha value is -2.42. The summed E-state index contributed by atoms with van der Waals surface area (Å²) in [4.78, 5) is 23.6. The van der Waals surface area contributed by atoms with E-state index in [9.17, 15) is 22.8 Å². The minimum atomic E-state index is -4.65. The van der Waals surface area contributed by atoms with E-state index in [1.54, 1.807) is 20.8 Å². The van der Waals surface area contributed by atoms with E-state index < -0.39 is 30.4 Å². The quantitative estimate of drug-likeness (QED) is 0.734. The van der Waals surface area contributed by atoms with E-state index in [2.05, 4.69) is 10.1 Å². The number of alkyl carbamates (subject to hydrolysis) is 1. The molecule has 2 rings (SSSR count). The molecular weight excluding hydrogens is 391 g/mol. The summed E-state index contributed by atoms with van der Waals surface area (Å²) in [5.74, 6) is -0.969. The van der Waals surface area contributed by atoms with Crippen LogP contribution < -0.4 is 5.32 Å². The summed E-state index contributed by atoms with van der Waals surface area (Å²) < 4.78 is 51.5. The van der Waals surface area contributed by atoms with Gasteiger partial charge < -0.3 is 19.2 Å². The molecule has 1 N–H and O–H groups in total. The lowest BCUT2D eigenvalue weighted by molar-refractivity contribution is -0.161. The molecule has 0 saturated heterocycles. The minimum absolute atomic E-state index is 0.00700. The van der Waals surface area contributed by atoms with E-state index in [1.807, 2.05) is 0 Å². The summed E-state index contributed by atoms with van der Waals surface area (Å²) in [7, 11) is 0. The number of nitrogens with one attached hydrogen (secondary N) is 1. The number of ether oxygens (including phenoxy) is 2. The van der Waals surface area contributed by atoms with E-state index in [1.165, 1.54) is 12.1 Å². The lowest BCUT2D eigenvalue weighted by atomic mass is 10.1. The maximum atomic E-state index is 12.2. The molecule has 0 fully saturated rings. The molecule has 1 aromatic heterocycles. The first kappa shape index (κ1) is 20.9. The van der Waals surface area contributed by atoms with Crippen LogP contribution in [0.4, 0.5) is 18.0 Å². The third kappa shape index (κ3) is 6.35. The van der Waals surface area contributed by atoms with Crippen molar-refractivity contribution in [2.45, 2.75) is 39.1 Å². The second-order valence-electron chi connectivity index (χ2n) is 6.63. The summed E-state index contributed by atoms with van der Waals surface area (Å²) in [5.41, 5.74) is -0.918. The van der Waals surface area contributed by atoms with Gasteiger partial charge in [-0.1, -0.05) is 11.6 Å². The van der Waals surface area contributed by atoms with Crippen LogP contribution in [-0.4, -0.2) is 30.4 Å². The molecule has 1 aromatic carbocycles. The van der Waals surface area contributed by atoms with E-state index in [-0.39, 0.29) is 28.5 Å². The van der Waals surface area contributed by atoms with Crippen molar-refractivity contribution >= 4 is 34.6 Å². The third-order valence-corrected chi connectivity index (χ3v) is 3.24. The molecule has 6 nitrogen and oxygen atoms in total. The number of fused-ring (bicyclic) bond motifs is 1. The highest BCUT2D eigenvalue weighted by molar-refractivity contribution is 6.32. The normalized spacial score (nSPS) is 12.1. The highest BCUT2D eigenvalue weighted by Gasteiger charge is 2.30. The Balaban J connectivity index is 2.18. The Morgan fingerprint density at radius 1 is 1.19 bits per heavy atom. The van der Waals surface area contributed by atoms with Gasteiger partial charge in [-0.25, -0.2) is 9.59 Å². The Morgan fingerprint density at radius 2 is 1.85 bits per heavy atom. The molecule has 10 heteroatoms. The second-order valence-corrected chi connectivity index (χ2v) is 7.07. The molecule has 0 atom stereocenters. The number of rotatable bonds is 4. The zero-order valence-electron chi connectivity index (χ0n) is 14.7. The van der Waals surface area contributed by atoms with Crippen LogP contribution in [0.2, 0.25) is 5.02 Å². The maximum Gasteiger partial charge on any atom is 0.422 e. The second kappa shape index (κ2) is 7.67. The molecule has 0 unspecified atom stereocenters. The van der Waals surface area contributed by atoms with Gasteiger partial charge in [0.05, 0.1) is 6.54 Å². The number of amides is 1. The zero-order valence-corrected chi connectivity index (χ0v) is 15.5. The summed E-state index contributed by atoms with van der Waals surface area (Å²) >= 11 is 5.91. The summed E-state index contributed by atoms with van der Waals surface area (Å²) in [5, 5.41) is 2.97. The highest BCUT2D eigenvalue weighted by Crippen LogP contribution is 2.28. The van der Waals surface area contributed by atoms with Crippen LogP contribution in [0.3, 0.4) is 0 Å². The summed E-state index contributed by atoms with van der Waals surface area (Å²) in [6, 6.07) is 4.12. The maximum absolute atomic E-state index is 12.2. The van der Waals surface area contributed by atoms with Gasteiger partial charge in [-0.05, 0) is 39.0 Å². The number of hydrogen-bond acceptors (Lipinski definition) is 5. The van der Waals surface area contributed by atoms with Gasteiger partial charge in [0, 0.05) is 10.4 Å².